The van der Waals surface area contributed by atoms with Gasteiger partial charge in [-0.3, -0.25) is 4.79 Å². The Morgan fingerprint density at radius 3 is 2.22 bits per heavy atom. The molecule has 1 amide bonds. The molecule has 0 aromatic heterocycles. The topological polar surface area (TPSA) is 65.1 Å². The summed E-state index contributed by atoms with van der Waals surface area (Å²) in [6.07, 6.45) is 1.83. The minimum atomic E-state index is -0.418. The van der Waals surface area contributed by atoms with E-state index in [0.717, 1.165) is 18.4 Å². The summed E-state index contributed by atoms with van der Waals surface area (Å²) in [5.74, 6) is 0.842. The smallest absolute Gasteiger partial charge is 0.337 e. The summed E-state index contributed by atoms with van der Waals surface area (Å²) >= 11 is 0. The molecule has 1 aliphatic rings. The number of esters is 1. The highest BCUT2D eigenvalue weighted by Gasteiger charge is 2.31. The first-order valence-electron chi connectivity index (χ1n) is 8.80. The van der Waals surface area contributed by atoms with E-state index in [9.17, 15) is 9.59 Å². The first kappa shape index (κ1) is 18.8. The molecule has 2 aromatic carbocycles. The molecule has 0 saturated carbocycles. The highest BCUT2D eigenvalue weighted by Crippen LogP contribution is 2.37. The standard InChI is InChI=1S/C21H23NO5/c1-25-18-11-10-16(13-19(18)26-2)17-5-4-12-22(17)20(23)14-6-8-15(9-7-14)21(24)27-3/h6-11,13,17H,4-5,12H2,1-3H3. The number of likely N-dealkylation sites (tertiary alicyclic amines) is 1. The maximum absolute atomic E-state index is 13.0. The number of carbonyl (C=O) groups excluding carboxylic acids is 2. The van der Waals surface area contributed by atoms with E-state index in [1.807, 2.05) is 23.1 Å². The summed E-state index contributed by atoms with van der Waals surface area (Å²) in [5.41, 5.74) is 1.99. The van der Waals surface area contributed by atoms with Crippen LogP contribution in [0, 0.1) is 0 Å². The molecular weight excluding hydrogens is 346 g/mol. The predicted octanol–water partition coefficient (Wildman–Crippen LogP) is 3.47. The van der Waals surface area contributed by atoms with E-state index >= 15 is 0 Å². The number of hydrogen-bond donors (Lipinski definition) is 0. The highest BCUT2D eigenvalue weighted by molar-refractivity contribution is 5.96. The zero-order valence-electron chi connectivity index (χ0n) is 15.7. The molecule has 0 N–H and O–H groups in total. The molecule has 0 radical (unpaired) electrons. The fraction of sp³-hybridized carbons (Fsp3) is 0.333. The summed E-state index contributed by atoms with van der Waals surface area (Å²) in [6, 6.07) is 12.3. The van der Waals surface area contributed by atoms with E-state index in [1.165, 1.54) is 7.11 Å². The van der Waals surface area contributed by atoms with Crippen LogP contribution in [0.15, 0.2) is 42.5 Å². The Morgan fingerprint density at radius 2 is 1.59 bits per heavy atom. The van der Waals surface area contributed by atoms with Crippen molar-refractivity contribution in [3.63, 3.8) is 0 Å². The van der Waals surface area contributed by atoms with Gasteiger partial charge in [0.05, 0.1) is 32.9 Å². The second-order valence-electron chi connectivity index (χ2n) is 6.34. The van der Waals surface area contributed by atoms with Crippen molar-refractivity contribution in [2.45, 2.75) is 18.9 Å². The van der Waals surface area contributed by atoms with Gasteiger partial charge in [-0.2, -0.15) is 0 Å². The zero-order chi connectivity index (χ0) is 19.4. The molecule has 1 atom stereocenters. The number of nitrogens with zero attached hydrogens (tertiary/aromatic N) is 1. The highest BCUT2D eigenvalue weighted by atomic mass is 16.5. The van der Waals surface area contributed by atoms with Gasteiger partial charge in [0.1, 0.15) is 0 Å². The van der Waals surface area contributed by atoms with Crippen LogP contribution in [-0.4, -0.2) is 44.7 Å². The third-order valence-electron chi connectivity index (χ3n) is 4.86. The average Bonchev–Trinajstić information content (AvgIpc) is 3.22. The van der Waals surface area contributed by atoms with Gasteiger partial charge in [0.15, 0.2) is 11.5 Å². The largest absolute Gasteiger partial charge is 0.493 e. The third-order valence-corrected chi connectivity index (χ3v) is 4.86. The SMILES string of the molecule is COC(=O)c1ccc(C(=O)N2CCCC2c2ccc(OC)c(OC)c2)cc1. The Labute approximate surface area is 158 Å². The summed E-state index contributed by atoms with van der Waals surface area (Å²) in [6.45, 7) is 0.691. The van der Waals surface area contributed by atoms with E-state index in [1.54, 1.807) is 38.5 Å². The predicted molar refractivity (Wildman–Crippen MR) is 100 cm³/mol. The van der Waals surface area contributed by atoms with Crippen LogP contribution in [0.1, 0.15) is 45.2 Å². The van der Waals surface area contributed by atoms with Gasteiger partial charge in [-0.1, -0.05) is 6.07 Å². The summed E-state index contributed by atoms with van der Waals surface area (Å²) in [7, 11) is 4.53. The normalized spacial score (nSPS) is 16.1. The van der Waals surface area contributed by atoms with E-state index in [2.05, 4.69) is 0 Å². The summed E-state index contributed by atoms with van der Waals surface area (Å²) in [5, 5.41) is 0. The van der Waals surface area contributed by atoms with Crippen LogP contribution in [0.5, 0.6) is 11.5 Å². The van der Waals surface area contributed by atoms with Gasteiger partial charge >= 0.3 is 5.97 Å². The van der Waals surface area contributed by atoms with Crippen molar-refractivity contribution in [2.75, 3.05) is 27.9 Å². The van der Waals surface area contributed by atoms with Gasteiger partial charge in [-0.25, -0.2) is 4.79 Å². The first-order valence-corrected chi connectivity index (χ1v) is 8.80. The molecule has 3 rings (SSSR count). The van der Waals surface area contributed by atoms with Crippen molar-refractivity contribution in [3.05, 3.63) is 59.2 Å². The zero-order valence-corrected chi connectivity index (χ0v) is 15.7. The Bertz CT molecular complexity index is 831. The Kier molecular flexibility index (Phi) is 5.64. The molecule has 6 nitrogen and oxygen atoms in total. The lowest BCUT2D eigenvalue weighted by Crippen LogP contribution is -2.30. The third kappa shape index (κ3) is 3.74. The number of amides is 1. The maximum Gasteiger partial charge on any atom is 0.337 e. The molecular formula is C21H23NO5. The lowest BCUT2D eigenvalue weighted by Gasteiger charge is -2.26. The molecule has 1 saturated heterocycles. The van der Waals surface area contributed by atoms with Crippen molar-refractivity contribution in [2.24, 2.45) is 0 Å². The first-order chi connectivity index (χ1) is 13.1. The Hall–Kier alpha value is -3.02. The minimum Gasteiger partial charge on any atom is -0.493 e. The van der Waals surface area contributed by atoms with E-state index < -0.39 is 5.97 Å². The van der Waals surface area contributed by atoms with Gasteiger partial charge in [-0.05, 0) is 54.8 Å². The molecule has 142 valence electrons. The van der Waals surface area contributed by atoms with Crippen molar-refractivity contribution in [1.82, 2.24) is 4.90 Å². The van der Waals surface area contributed by atoms with Crippen molar-refractivity contribution in [3.8, 4) is 11.5 Å². The van der Waals surface area contributed by atoms with Crippen LogP contribution in [0.3, 0.4) is 0 Å². The molecule has 2 aromatic rings. The Morgan fingerprint density at radius 1 is 0.926 bits per heavy atom. The molecule has 27 heavy (non-hydrogen) atoms. The second kappa shape index (κ2) is 8.12. The molecule has 0 aliphatic carbocycles. The monoisotopic (exact) mass is 369 g/mol. The van der Waals surface area contributed by atoms with Crippen LogP contribution in [-0.2, 0) is 4.74 Å². The van der Waals surface area contributed by atoms with Crippen molar-refractivity contribution < 1.29 is 23.8 Å². The van der Waals surface area contributed by atoms with Gasteiger partial charge < -0.3 is 19.1 Å². The van der Waals surface area contributed by atoms with E-state index in [4.69, 9.17) is 14.2 Å². The van der Waals surface area contributed by atoms with Crippen LogP contribution >= 0.6 is 0 Å². The number of methoxy groups -OCH3 is 3. The molecule has 1 unspecified atom stereocenters. The Balaban J connectivity index is 1.83. The van der Waals surface area contributed by atoms with Crippen LogP contribution in [0.2, 0.25) is 0 Å². The second-order valence-corrected chi connectivity index (χ2v) is 6.34. The number of benzene rings is 2. The summed E-state index contributed by atoms with van der Waals surface area (Å²) < 4.78 is 15.4. The lowest BCUT2D eigenvalue weighted by molar-refractivity contribution is 0.0599. The van der Waals surface area contributed by atoms with Gasteiger partial charge in [0, 0.05) is 12.1 Å². The molecule has 1 heterocycles. The van der Waals surface area contributed by atoms with Gasteiger partial charge in [0.2, 0.25) is 0 Å². The van der Waals surface area contributed by atoms with Crippen LogP contribution in [0.4, 0.5) is 0 Å². The molecule has 1 fully saturated rings. The maximum atomic E-state index is 13.0. The van der Waals surface area contributed by atoms with Gasteiger partial charge in [0.25, 0.3) is 5.91 Å². The number of ether oxygens (including phenoxy) is 3. The molecule has 6 heteroatoms. The minimum absolute atomic E-state index is 0.0161. The van der Waals surface area contributed by atoms with Crippen molar-refractivity contribution >= 4 is 11.9 Å². The van der Waals surface area contributed by atoms with Gasteiger partial charge in [-0.15, -0.1) is 0 Å². The van der Waals surface area contributed by atoms with Crippen LogP contribution < -0.4 is 9.47 Å². The molecule has 0 spiro atoms. The van der Waals surface area contributed by atoms with Crippen molar-refractivity contribution in [1.29, 1.82) is 0 Å². The molecule has 0 bridgehead atoms. The van der Waals surface area contributed by atoms with E-state index in [0.29, 0.717) is 29.2 Å². The van der Waals surface area contributed by atoms with E-state index in [-0.39, 0.29) is 11.9 Å². The summed E-state index contributed by atoms with van der Waals surface area (Å²) in [4.78, 5) is 26.4. The quantitative estimate of drug-likeness (QED) is 0.755. The van der Waals surface area contributed by atoms with Crippen LogP contribution in [0.25, 0.3) is 0 Å². The fourth-order valence-electron chi connectivity index (χ4n) is 3.45. The lowest BCUT2D eigenvalue weighted by atomic mass is 10.0. The average molecular weight is 369 g/mol. The number of carbonyl (C=O) groups is 2. The number of rotatable bonds is 5. The number of hydrogen-bond acceptors (Lipinski definition) is 5. The fourth-order valence-corrected chi connectivity index (χ4v) is 3.45. The molecule has 1 aliphatic heterocycles.